The van der Waals surface area contributed by atoms with Crippen molar-refractivity contribution >= 4 is 28.9 Å². The fourth-order valence-electron chi connectivity index (χ4n) is 0.946. The molecule has 82 valence electrons. The molecule has 0 N–H and O–H groups in total. The van der Waals surface area contributed by atoms with Crippen molar-refractivity contribution in [3.63, 3.8) is 0 Å². The van der Waals surface area contributed by atoms with E-state index in [0.717, 1.165) is 0 Å². The first-order valence-electron chi connectivity index (χ1n) is 3.47. The summed E-state index contributed by atoms with van der Waals surface area (Å²) in [6, 6.07) is 0. The van der Waals surface area contributed by atoms with E-state index in [1.807, 2.05) is 0 Å². The molecule has 0 bridgehead atoms. The van der Waals surface area contributed by atoms with Crippen molar-refractivity contribution in [1.29, 1.82) is 0 Å². The van der Waals surface area contributed by atoms with Gasteiger partial charge in [-0.25, -0.2) is 8.78 Å². The Morgan fingerprint density at radius 3 is 2.13 bits per heavy atom. The normalized spacial score (nSPS) is 10.5. The lowest BCUT2D eigenvalue weighted by Crippen LogP contribution is -2.01. The van der Waals surface area contributed by atoms with Crippen LogP contribution in [-0.2, 0) is 6.67 Å². The van der Waals surface area contributed by atoms with Gasteiger partial charge in [0.1, 0.15) is 6.67 Å². The van der Waals surface area contributed by atoms with Gasteiger partial charge in [0.05, 0.1) is 9.95 Å². The lowest BCUT2D eigenvalue weighted by atomic mass is 10.2. The van der Waals surface area contributed by atoms with E-state index in [9.17, 15) is 23.3 Å². The van der Waals surface area contributed by atoms with Gasteiger partial charge < -0.3 is 0 Å². The van der Waals surface area contributed by atoms with E-state index in [2.05, 4.69) is 0 Å². The molecule has 0 aliphatic heterocycles. The van der Waals surface area contributed by atoms with Crippen molar-refractivity contribution in [2.24, 2.45) is 0 Å². The second-order valence-electron chi connectivity index (χ2n) is 2.47. The highest BCUT2D eigenvalue weighted by Gasteiger charge is 2.30. The van der Waals surface area contributed by atoms with E-state index in [-0.39, 0.29) is 0 Å². The van der Waals surface area contributed by atoms with E-state index in [1.165, 1.54) is 0 Å². The molecule has 1 aromatic rings. The number of alkyl halides is 1. The molecule has 0 unspecified atom stereocenters. The number of nitro benzene ring substituents is 1. The third kappa shape index (κ3) is 1.87. The van der Waals surface area contributed by atoms with Crippen LogP contribution in [0, 0.1) is 21.7 Å². The SMILES string of the molecule is O=[N+]([O-])c1c(F)c(CF)c(Cl)c(F)c1Cl. The minimum Gasteiger partial charge on any atom is -0.258 e. The first-order chi connectivity index (χ1) is 6.91. The molecule has 0 fully saturated rings. The van der Waals surface area contributed by atoms with Gasteiger partial charge in [0.15, 0.2) is 10.8 Å². The van der Waals surface area contributed by atoms with E-state index < -0.39 is 44.5 Å². The molecular formula is C7H2Cl2F3NO2. The molecule has 8 heteroatoms. The largest absolute Gasteiger partial charge is 0.326 e. The molecule has 0 saturated heterocycles. The zero-order valence-electron chi connectivity index (χ0n) is 6.86. The van der Waals surface area contributed by atoms with Crippen LogP contribution in [0.4, 0.5) is 18.9 Å². The topological polar surface area (TPSA) is 43.1 Å². The van der Waals surface area contributed by atoms with Gasteiger partial charge in [0, 0.05) is 5.56 Å². The van der Waals surface area contributed by atoms with Crippen LogP contribution in [0.2, 0.25) is 10.0 Å². The summed E-state index contributed by atoms with van der Waals surface area (Å²) >= 11 is 10.4. The van der Waals surface area contributed by atoms with Gasteiger partial charge in [0.25, 0.3) is 0 Å². The number of rotatable bonds is 2. The highest BCUT2D eigenvalue weighted by atomic mass is 35.5. The molecule has 1 rings (SSSR count). The summed E-state index contributed by atoms with van der Waals surface area (Å²) in [5.41, 5.74) is -2.23. The Bertz CT molecular complexity index is 439. The van der Waals surface area contributed by atoms with Crippen molar-refractivity contribution in [2.75, 3.05) is 0 Å². The minimum absolute atomic E-state index is 0.884. The predicted octanol–water partition coefficient (Wildman–Crippen LogP) is 3.65. The standard InChI is InChI=1S/C7H2Cl2F3NO2/c8-3-2(1-10)5(11)7(13(14)15)4(9)6(3)12/h1H2. The predicted molar refractivity (Wildman–Crippen MR) is 47.8 cm³/mol. The van der Waals surface area contributed by atoms with Gasteiger partial charge in [-0.15, -0.1) is 0 Å². The van der Waals surface area contributed by atoms with Crippen LogP contribution in [0.25, 0.3) is 0 Å². The van der Waals surface area contributed by atoms with E-state index in [1.54, 1.807) is 0 Å². The van der Waals surface area contributed by atoms with Crippen LogP contribution in [0.3, 0.4) is 0 Å². The maximum atomic E-state index is 13.2. The van der Waals surface area contributed by atoms with Gasteiger partial charge >= 0.3 is 5.69 Å². The number of nitro groups is 1. The van der Waals surface area contributed by atoms with E-state index in [4.69, 9.17) is 23.2 Å². The maximum Gasteiger partial charge on any atom is 0.326 e. The number of benzene rings is 1. The Kier molecular flexibility index (Phi) is 3.41. The molecule has 0 aliphatic rings. The number of hydrogen-bond acceptors (Lipinski definition) is 2. The molecule has 0 radical (unpaired) electrons. The molecule has 0 aromatic heterocycles. The summed E-state index contributed by atoms with van der Waals surface area (Å²) < 4.78 is 38.5. The van der Waals surface area contributed by atoms with Gasteiger partial charge in [-0.05, 0) is 0 Å². The van der Waals surface area contributed by atoms with E-state index in [0.29, 0.717) is 0 Å². The maximum absolute atomic E-state index is 13.2. The Labute approximate surface area is 91.6 Å². The van der Waals surface area contributed by atoms with Crippen LogP contribution < -0.4 is 0 Å². The molecule has 0 atom stereocenters. The molecular weight excluding hydrogens is 258 g/mol. The fourth-order valence-corrected chi connectivity index (χ4v) is 1.47. The summed E-state index contributed by atoms with van der Waals surface area (Å²) in [7, 11) is 0. The molecule has 0 heterocycles. The Balaban J connectivity index is 3.68. The van der Waals surface area contributed by atoms with Gasteiger partial charge in [-0.2, -0.15) is 4.39 Å². The first kappa shape index (κ1) is 12.1. The minimum atomic E-state index is -1.56. The fraction of sp³-hybridized carbons (Fsp3) is 0.143. The average Bonchev–Trinajstić information content (AvgIpc) is 2.15. The highest BCUT2D eigenvalue weighted by molar-refractivity contribution is 6.36. The zero-order valence-corrected chi connectivity index (χ0v) is 8.37. The van der Waals surface area contributed by atoms with Crippen LogP contribution in [0.15, 0.2) is 0 Å². The van der Waals surface area contributed by atoms with E-state index >= 15 is 0 Å². The van der Waals surface area contributed by atoms with Gasteiger partial charge in [-0.3, -0.25) is 10.1 Å². The smallest absolute Gasteiger partial charge is 0.258 e. The monoisotopic (exact) mass is 259 g/mol. The third-order valence-electron chi connectivity index (χ3n) is 1.65. The van der Waals surface area contributed by atoms with Crippen molar-refractivity contribution in [1.82, 2.24) is 0 Å². The van der Waals surface area contributed by atoms with Crippen molar-refractivity contribution in [3.8, 4) is 0 Å². The number of nitrogens with zero attached hydrogens (tertiary/aromatic N) is 1. The summed E-state index contributed by atoms with van der Waals surface area (Å²) in [6.45, 7) is -1.46. The molecule has 0 amide bonds. The lowest BCUT2D eigenvalue weighted by Gasteiger charge is -2.05. The number of halogens is 5. The number of hydrogen-bond donors (Lipinski definition) is 0. The summed E-state index contributed by atoms with van der Waals surface area (Å²) in [4.78, 5) is 9.08. The van der Waals surface area contributed by atoms with Crippen molar-refractivity contribution in [2.45, 2.75) is 6.67 Å². The van der Waals surface area contributed by atoms with Gasteiger partial charge in [-0.1, -0.05) is 23.2 Å². The average molecular weight is 260 g/mol. The molecule has 0 saturated carbocycles. The highest BCUT2D eigenvalue weighted by Crippen LogP contribution is 2.38. The molecule has 0 spiro atoms. The Hall–Kier alpha value is -1.01. The summed E-state index contributed by atoms with van der Waals surface area (Å²) in [5, 5.41) is 8.37. The summed E-state index contributed by atoms with van der Waals surface area (Å²) in [5.74, 6) is -2.96. The van der Waals surface area contributed by atoms with Crippen LogP contribution in [0.1, 0.15) is 5.56 Å². The quantitative estimate of drug-likeness (QED) is 0.352. The Morgan fingerprint density at radius 2 is 1.73 bits per heavy atom. The van der Waals surface area contributed by atoms with Gasteiger partial charge in [0.2, 0.25) is 5.82 Å². The third-order valence-corrected chi connectivity index (χ3v) is 2.39. The van der Waals surface area contributed by atoms with Crippen molar-refractivity contribution in [3.05, 3.63) is 37.4 Å². The summed E-state index contributed by atoms with van der Waals surface area (Å²) in [6.07, 6.45) is 0. The second kappa shape index (κ2) is 4.24. The van der Waals surface area contributed by atoms with Crippen LogP contribution >= 0.6 is 23.2 Å². The van der Waals surface area contributed by atoms with Crippen LogP contribution in [0.5, 0.6) is 0 Å². The second-order valence-corrected chi connectivity index (χ2v) is 3.23. The lowest BCUT2D eigenvalue weighted by molar-refractivity contribution is -0.387. The Morgan fingerprint density at radius 1 is 1.20 bits per heavy atom. The van der Waals surface area contributed by atoms with Crippen LogP contribution in [-0.4, -0.2) is 4.92 Å². The molecule has 1 aromatic carbocycles. The van der Waals surface area contributed by atoms with Crippen molar-refractivity contribution < 1.29 is 18.1 Å². The zero-order chi connectivity index (χ0) is 11.7. The molecule has 15 heavy (non-hydrogen) atoms. The molecule has 3 nitrogen and oxygen atoms in total. The molecule has 0 aliphatic carbocycles. The first-order valence-corrected chi connectivity index (χ1v) is 4.22.